The second-order valence-electron chi connectivity index (χ2n) is 4.54. The molecule has 0 aromatic carbocycles. The number of thioether (sulfide) groups is 1. The van der Waals surface area contributed by atoms with E-state index in [1.165, 1.54) is 0 Å². The van der Waals surface area contributed by atoms with Crippen molar-refractivity contribution >= 4 is 43.1 Å². The Kier molecular flexibility index (Phi) is 5.25. The van der Waals surface area contributed by atoms with E-state index in [-0.39, 0.29) is 23.3 Å². The van der Waals surface area contributed by atoms with E-state index in [1.54, 1.807) is 16.7 Å². The van der Waals surface area contributed by atoms with Crippen LogP contribution >= 0.6 is 11.8 Å². The maximum Gasteiger partial charge on any atom is 0.341 e. The maximum absolute atomic E-state index is 12.3. The average molecular weight is 329 g/mol. The fourth-order valence-corrected chi connectivity index (χ4v) is 5.19. The number of rotatable bonds is 5. The zero-order chi connectivity index (χ0) is 14.7. The lowest BCUT2D eigenvalue weighted by Crippen LogP contribution is -2.70. The monoisotopic (exact) mass is 328 g/mol. The summed E-state index contributed by atoms with van der Waals surface area (Å²) in [4.78, 5) is 29.4. The molecule has 0 aromatic heterocycles. The predicted octanol–water partition coefficient (Wildman–Crippen LogP) is -0.503. The average Bonchev–Trinajstić information content (AvgIpc) is 2.44. The lowest BCUT2D eigenvalue weighted by Gasteiger charge is -2.49. The molecule has 0 saturated carbocycles. The molecule has 0 radical (unpaired) electrons. The zero-order valence-electron chi connectivity index (χ0n) is 12.0. The molecule has 2 heterocycles. The molecule has 20 heavy (non-hydrogen) atoms. The van der Waals surface area contributed by atoms with Crippen molar-refractivity contribution in [2.24, 2.45) is 0 Å². The fraction of sp³-hybridized carbons (Fsp3) is 0.500. The third kappa shape index (κ3) is 2.65. The normalized spacial score (nSPS) is 26.9. The molecule has 2 aliphatic heterocycles. The highest BCUT2D eigenvalue weighted by Crippen LogP contribution is 2.40. The number of hydrogen-bond donors (Lipinski definition) is 1. The highest BCUT2D eigenvalue weighted by molar-refractivity contribution is 8.00. The molecular formula is C12H20N2O3SSi2. The number of fused-ring (bicyclic) bond motifs is 1. The van der Waals surface area contributed by atoms with Gasteiger partial charge in [0.1, 0.15) is 17.1 Å². The number of β-lactam (4-membered cyclic amide) rings is 1. The molecule has 1 fully saturated rings. The number of nitrogens with one attached hydrogen (secondary N) is 1. The van der Waals surface area contributed by atoms with E-state index in [2.05, 4.69) is 11.5 Å². The Bertz CT molecular complexity index is 481. The number of allylic oxidation sites excluding steroid dienone is 2. The molecule has 0 spiro atoms. The Morgan fingerprint density at radius 2 is 2.30 bits per heavy atom. The van der Waals surface area contributed by atoms with Crippen molar-refractivity contribution in [1.82, 2.24) is 9.88 Å². The van der Waals surface area contributed by atoms with Gasteiger partial charge in [0, 0.05) is 5.75 Å². The van der Waals surface area contributed by atoms with Crippen molar-refractivity contribution in [3.63, 3.8) is 0 Å². The van der Waals surface area contributed by atoms with Gasteiger partial charge in [-0.15, -0.1) is 11.8 Å². The first-order valence-corrected chi connectivity index (χ1v) is 12.0. The summed E-state index contributed by atoms with van der Waals surface area (Å²) in [7, 11) is -1.22. The molecule has 2 atom stereocenters. The number of carbonyl (C=O) groups is 2. The van der Waals surface area contributed by atoms with E-state index in [1.807, 2.05) is 25.6 Å². The van der Waals surface area contributed by atoms with Gasteiger partial charge in [0.25, 0.3) is 0 Å². The molecule has 0 bridgehead atoms. The maximum atomic E-state index is 12.3. The van der Waals surface area contributed by atoms with Crippen molar-refractivity contribution < 1.29 is 14.0 Å². The zero-order valence-corrected chi connectivity index (χ0v) is 15.7. The Hall–Kier alpha value is -0.836. The summed E-state index contributed by atoms with van der Waals surface area (Å²) in [6.45, 7) is 5.93. The second-order valence-corrected chi connectivity index (χ2v) is 7.63. The first kappa shape index (κ1) is 15.6. The molecule has 0 aromatic rings. The van der Waals surface area contributed by atoms with E-state index in [0.29, 0.717) is 5.70 Å². The van der Waals surface area contributed by atoms with Crippen LogP contribution in [0, 0.1) is 0 Å². The van der Waals surface area contributed by atoms with Crippen LogP contribution in [0.2, 0.25) is 13.1 Å². The summed E-state index contributed by atoms with van der Waals surface area (Å²) in [6.07, 6.45) is 3.80. The summed E-state index contributed by atoms with van der Waals surface area (Å²) in [6, 6.07) is -0.120. The Labute approximate surface area is 128 Å². The summed E-state index contributed by atoms with van der Waals surface area (Å²) in [5, 5.41) is 0.0463. The highest BCUT2D eigenvalue weighted by Gasteiger charge is 2.52. The van der Waals surface area contributed by atoms with Crippen LogP contribution in [0.1, 0.15) is 6.92 Å². The van der Waals surface area contributed by atoms with E-state index >= 15 is 0 Å². The van der Waals surface area contributed by atoms with Crippen LogP contribution in [0.15, 0.2) is 23.4 Å². The lowest BCUT2D eigenvalue weighted by molar-refractivity contribution is -0.147. The van der Waals surface area contributed by atoms with Crippen molar-refractivity contribution in [3.8, 4) is 0 Å². The first-order valence-electron chi connectivity index (χ1n) is 6.86. The van der Waals surface area contributed by atoms with Crippen LogP contribution in [-0.4, -0.2) is 53.4 Å². The number of carbonyl (C=O) groups excluding carboxylic acids is 2. The molecule has 1 saturated heterocycles. The minimum absolute atomic E-state index is 0.00303. The molecule has 2 aliphatic rings. The van der Waals surface area contributed by atoms with Crippen molar-refractivity contribution in [1.29, 1.82) is 0 Å². The molecule has 1 amide bonds. The van der Waals surface area contributed by atoms with Crippen molar-refractivity contribution in [3.05, 3.63) is 23.4 Å². The van der Waals surface area contributed by atoms with Crippen LogP contribution in [-0.2, 0) is 14.0 Å². The van der Waals surface area contributed by atoms with Gasteiger partial charge in [0.15, 0.2) is 0 Å². The topological polar surface area (TPSA) is 58.6 Å². The van der Waals surface area contributed by atoms with Gasteiger partial charge >= 0.3 is 5.97 Å². The number of nitrogens with zero attached hydrogens (tertiary/aromatic N) is 1. The van der Waals surface area contributed by atoms with Gasteiger partial charge in [-0.2, -0.15) is 0 Å². The summed E-state index contributed by atoms with van der Waals surface area (Å²) < 4.78 is 5.25. The summed E-state index contributed by atoms with van der Waals surface area (Å²) in [5.74, 6) is 0.416. The molecule has 1 N–H and O–H groups in total. The van der Waals surface area contributed by atoms with Gasteiger partial charge in [0.2, 0.25) is 15.7 Å². The lowest BCUT2D eigenvalue weighted by atomic mass is 10.0. The molecule has 0 aliphatic carbocycles. The number of amides is 1. The van der Waals surface area contributed by atoms with E-state index in [4.69, 9.17) is 4.43 Å². The standard InChI is InChI=1S/C12H20N2O3SSi2/c1-4-5-7-6-18-11-8(13-19-2)10(15)14(11)9(7)12(16)17-20-3/h4-5,8,11,13H,6,19-20H2,1-3H3/b5-4-. The van der Waals surface area contributed by atoms with Crippen molar-refractivity contribution in [2.75, 3.05) is 5.75 Å². The van der Waals surface area contributed by atoms with Crippen LogP contribution in [0.25, 0.3) is 0 Å². The number of hydrogen-bond acceptors (Lipinski definition) is 5. The van der Waals surface area contributed by atoms with Gasteiger partial charge in [-0.3, -0.25) is 9.69 Å². The van der Waals surface area contributed by atoms with E-state index < -0.39 is 19.4 Å². The van der Waals surface area contributed by atoms with Crippen LogP contribution in [0.5, 0.6) is 0 Å². The Morgan fingerprint density at radius 1 is 1.55 bits per heavy atom. The first-order chi connectivity index (χ1) is 9.65. The summed E-state index contributed by atoms with van der Waals surface area (Å²) >= 11 is 1.71. The minimum atomic E-state index is -0.831. The Balaban J connectivity index is 2.30. The molecular weight excluding hydrogens is 308 g/mol. The van der Waals surface area contributed by atoms with Crippen molar-refractivity contribution in [2.45, 2.75) is 31.4 Å². The molecule has 5 nitrogen and oxygen atoms in total. The fourth-order valence-electron chi connectivity index (χ4n) is 2.44. The van der Waals surface area contributed by atoms with Gasteiger partial charge in [0.05, 0.1) is 9.68 Å². The molecule has 2 unspecified atom stereocenters. The van der Waals surface area contributed by atoms with Gasteiger partial charge in [-0.1, -0.05) is 18.7 Å². The van der Waals surface area contributed by atoms with E-state index in [0.717, 1.165) is 11.3 Å². The second kappa shape index (κ2) is 6.75. The quantitative estimate of drug-likeness (QED) is 0.544. The smallest absolute Gasteiger partial charge is 0.341 e. The minimum Gasteiger partial charge on any atom is -0.521 e. The SMILES string of the molecule is C/C=C\C1=C(C(=O)O[SiH2]C)N2C(=O)C(N[SiH2]C)C2SC1. The third-order valence-electron chi connectivity index (χ3n) is 3.26. The van der Waals surface area contributed by atoms with E-state index in [9.17, 15) is 9.59 Å². The van der Waals surface area contributed by atoms with Gasteiger partial charge in [-0.25, -0.2) is 4.79 Å². The predicted molar refractivity (Wildman–Crippen MR) is 86.8 cm³/mol. The van der Waals surface area contributed by atoms with Crippen LogP contribution in [0.3, 0.4) is 0 Å². The summed E-state index contributed by atoms with van der Waals surface area (Å²) in [5.41, 5.74) is 1.35. The highest BCUT2D eigenvalue weighted by atomic mass is 32.2. The Morgan fingerprint density at radius 3 is 2.90 bits per heavy atom. The largest absolute Gasteiger partial charge is 0.521 e. The van der Waals surface area contributed by atoms with Crippen LogP contribution < -0.4 is 4.98 Å². The van der Waals surface area contributed by atoms with Gasteiger partial charge in [-0.05, 0) is 19.0 Å². The molecule has 2 rings (SSSR count). The van der Waals surface area contributed by atoms with Gasteiger partial charge < -0.3 is 9.41 Å². The third-order valence-corrected chi connectivity index (χ3v) is 5.96. The van der Waals surface area contributed by atoms with Crippen LogP contribution in [0.4, 0.5) is 0 Å². The molecule has 8 heteroatoms. The molecule has 110 valence electrons.